The molecular formula is C14H18N4O2S. The summed E-state index contributed by atoms with van der Waals surface area (Å²) in [7, 11) is 0. The zero-order valence-electron chi connectivity index (χ0n) is 12.3. The Bertz CT molecular complexity index is 692. The first-order valence-electron chi connectivity index (χ1n) is 6.85. The minimum absolute atomic E-state index is 0.297. The quantitative estimate of drug-likeness (QED) is 0.889. The third-order valence-electron chi connectivity index (χ3n) is 3.05. The van der Waals surface area contributed by atoms with Crippen LogP contribution in [0.1, 0.15) is 53.7 Å². The Kier molecular flexibility index (Phi) is 4.85. The smallest absolute Gasteiger partial charge is 0.257 e. The maximum Gasteiger partial charge on any atom is 0.257 e. The standard InChI is InChI=1S/C14H18N4O2S/c1-4-5-8(2)13-17-18-14(21-13)16-12(20)10-6-9(3)15-11(19)7-10/h6-8H,4-5H2,1-3H3,(H,15,19)(H,16,18,20)/t8-/m1/s1. The number of pyridine rings is 1. The predicted molar refractivity (Wildman–Crippen MR) is 83.0 cm³/mol. The summed E-state index contributed by atoms with van der Waals surface area (Å²) in [6, 6.07) is 2.89. The number of carbonyl (C=O) groups excluding carboxylic acids is 1. The zero-order valence-corrected chi connectivity index (χ0v) is 13.1. The summed E-state index contributed by atoms with van der Waals surface area (Å²) in [6.07, 6.45) is 2.12. The van der Waals surface area contributed by atoms with Crippen LogP contribution in [0.3, 0.4) is 0 Å². The van der Waals surface area contributed by atoms with Gasteiger partial charge in [-0.1, -0.05) is 31.6 Å². The van der Waals surface area contributed by atoms with E-state index in [9.17, 15) is 9.59 Å². The summed E-state index contributed by atoms with van der Waals surface area (Å²) in [5.41, 5.74) is 0.659. The topological polar surface area (TPSA) is 87.7 Å². The number of nitrogens with zero attached hydrogens (tertiary/aromatic N) is 2. The van der Waals surface area contributed by atoms with Crippen molar-refractivity contribution in [3.8, 4) is 0 Å². The first-order valence-corrected chi connectivity index (χ1v) is 7.67. The fraction of sp³-hybridized carbons (Fsp3) is 0.429. The van der Waals surface area contributed by atoms with Crippen LogP contribution in [0.5, 0.6) is 0 Å². The number of anilines is 1. The molecule has 0 aromatic carbocycles. The average molecular weight is 306 g/mol. The fourth-order valence-corrected chi connectivity index (χ4v) is 2.85. The molecule has 6 nitrogen and oxygen atoms in total. The largest absolute Gasteiger partial charge is 0.326 e. The summed E-state index contributed by atoms with van der Waals surface area (Å²) in [6.45, 7) is 5.94. The molecule has 0 fully saturated rings. The van der Waals surface area contributed by atoms with E-state index in [1.165, 1.54) is 17.4 Å². The Morgan fingerprint density at radius 1 is 1.43 bits per heavy atom. The molecule has 112 valence electrons. The van der Waals surface area contributed by atoms with Crippen molar-refractivity contribution in [3.05, 3.63) is 38.8 Å². The fourth-order valence-electron chi connectivity index (χ4n) is 2.02. The van der Waals surface area contributed by atoms with Crippen molar-refractivity contribution < 1.29 is 4.79 Å². The third kappa shape index (κ3) is 3.98. The summed E-state index contributed by atoms with van der Waals surface area (Å²) in [5.74, 6) is -0.0185. The van der Waals surface area contributed by atoms with Crippen LogP contribution in [0.4, 0.5) is 5.13 Å². The van der Waals surface area contributed by atoms with Crippen LogP contribution in [0.15, 0.2) is 16.9 Å². The lowest BCUT2D eigenvalue weighted by Crippen LogP contribution is -2.16. The molecule has 2 N–H and O–H groups in total. The number of H-pyrrole nitrogens is 1. The van der Waals surface area contributed by atoms with Crippen molar-refractivity contribution in [1.82, 2.24) is 15.2 Å². The van der Waals surface area contributed by atoms with Crippen LogP contribution in [-0.2, 0) is 0 Å². The van der Waals surface area contributed by atoms with Crippen molar-refractivity contribution in [1.29, 1.82) is 0 Å². The number of amides is 1. The highest BCUT2D eigenvalue weighted by Gasteiger charge is 2.14. The molecule has 0 radical (unpaired) electrons. The van der Waals surface area contributed by atoms with Crippen LogP contribution >= 0.6 is 11.3 Å². The van der Waals surface area contributed by atoms with E-state index in [2.05, 4.69) is 34.3 Å². The van der Waals surface area contributed by atoms with Crippen LogP contribution in [0.25, 0.3) is 0 Å². The molecule has 0 unspecified atom stereocenters. The maximum absolute atomic E-state index is 12.1. The summed E-state index contributed by atoms with van der Waals surface area (Å²) < 4.78 is 0. The van der Waals surface area contributed by atoms with E-state index in [1.54, 1.807) is 13.0 Å². The third-order valence-corrected chi connectivity index (χ3v) is 4.12. The molecule has 2 aromatic heterocycles. The van der Waals surface area contributed by atoms with Gasteiger partial charge in [-0.2, -0.15) is 0 Å². The van der Waals surface area contributed by atoms with Gasteiger partial charge in [-0.25, -0.2) is 0 Å². The molecule has 21 heavy (non-hydrogen) atoms. The summed E-state index contributed by atoms with van der Waals surface area (Å²) >= 11 is 1.37. The van der Waals surface area contributed by atoms with Crippen LogP contribution in [0.2, 0.25) is 0 Å². The molecule has 0 spiro atoms. The van der Waals surface area contributed by atoms with E-state index < -0.39 is 0 Å². The number of nitrogens with one attached hydrogen (secondary N) is 2. The Labute approximate surface area is 126 Å². The van der Waals surface area contributed by atoms with Gasteiger partial charge in [-0.05, 0) is 19.4 Å². The molecule has 0 aliphatic carbocycles. The van der Waals surface area contributed by atoms with Gasteiger partial charge in [0.15, 0.2) is 0 Å². The lowest BCUT2D eigenvalue weighted by atomic mass is 10.1. The van der Waals surface area contributed by atoms with Crippen molar-refractivity contribution in [2.45, 2.75) is 39.5 Å². The normalized spacial score (nSPS) is 12.1. The molecule has 0 saturated carbocycles. The van der Waals surface area contributed by atoms with Crippen LogP contribution in [-0.4, -0.2) is 21.1 Å². The Balaban J connectivity index is 2.11. The van der Waals surface area contributed by atoms with Gasteiger partial charge in [0, 0.05) is 23.2 Å². The van der Waals surface area contributed by atoms with Gasteiger partial charge < -0.3 is 4.98 Å². The van der Waals surface area contributed by atoms with Gasteiger partial charge in [0.2, 0.25) is 10.7 Å². The van der Waals surface area contributed by atoms with Gasteiger partial charge in [0.05, 0.1) is 0 Å². The monoisotopic (exact) mass is 306 g/mol. The predicted octanol–water partition coefficient (Wildman–Crippen LogP) is 2.69. The minimum Gasteiger partial charge on any atom is -0.326 e. The number of hydrogen-bond acceptors (Lipinski definition) is 5. The van der Waals surface area contributed by atoms with E-state index in [1.807, 2.05) is 0 Å². The second kappa shape index (κ2) is 6.62. The number of aromatic nitrogens is 3. The van der Waals surface area contributed by atoms with E-state index in [0.717, 1.165) is 17.8 Å². The molecule has 0 aliphatic heterocycles. The highest BCUT2D eigenvalue weighted by Crippen LogP contribution is 2.26. The highest BCUT2D eigenvalue weighted by atomic mass is 32.1. The molecule has 1 amide bonds. The SMILES string of the molecule is CCC[C@@H](C)c1nnc(NC(=O)c2cc(C)[nH]c(=O)c2)s1. The van der Waals surface area contributed by atoms with Crippen molar-refractivity contribution in [3.63, 3.8) is 0 Å². The van der Waals surface area contributed by atoms with Crippen LogP contribution in [0, 0.1) is 6.92 Å². The van der Waals surface area contributed by atoms with Crippen molar-refractivity contribution >= 4 is 22.4 Å². The molecular weight excluding hydrogens is 288 g/mol. The first-order chi connectivity index (χ1) is 9.99. The molecule has 7 heteroatoms. The average Bonchev–Trinajstić information content (AvgIpc) is 2.86. The molecule has 0 saturated heterocycles. The number of aryl methyl sites for hydroxylation is 1. The van der Waals surface area contributed by atoms with Gasteiger partial charge in [-0.15, -0.1) is 10.2 Å². The molecule has 1 atom stereocenters. The Morgan fingerprint density at radius 3 is 2.86 bits per heavy atom. The van der Waals surface area contributed by atoms with Crippen LogP contribution < -0.4 is 10.9 Å². The summed E-state index contributed by atoms with van der Waals surface area (Å²) in [4.78, 5) is 26.1. The lowest BCUT2D eigenvalue weighted by molar-refractivity contribution is 0.102. The highest BCUT2D eigenvalue weighted by molar-refractivity contribution is 7.15. The van der Waals surface area contributed by atoms with Crippen molar-refractivity contribution in [2.75, 3.05) is 5.32 Å². The van der Waals surface area contributed by atoms with Crippen molar-refractivity contribution in [2.24, 2.45) is 0 Å². The van der Waals surface area contributed by atoms with Gasteiger partial charge in [-0.3, -0.25) is 14.9 Å². The minimum atomic E-state index is -0.352. The number of rotatable bonds is 5. The summed E-state index contributed by atoms with van der Waals surface area (Å²) in [5, 5.41) is 12.1. The van der Waals surface area contributed by atoms with Gasteiger partial charge in [0.25, 0.3) is 5.91 Å². The lowest BCUT2D eigenvalue weighted by Gasteiger charge is -2.03. The second-order valence-corrected chi connectivity index (χ2v) is 6.01. The molecule has 0 bridgehead atoms. The van der Waals surface area contributed by atoms with E-state index in [-0.39, 0.29) is 11.5 Å². The van der Waals surface area contributed by atoms with Gasteiger partial charge >= 0.3 is 0 Å². The number of carbonyl (C=O) groups is 1. The van der Waals surface area contributed by atoms with E-state index >= 15 is 0 Å². The second-order valence-electron chi connectivity index (χ2n) is 5.01. The number of hydrogen-bond donors (Lipinski definition) is 2. The van der Waals surface area contributed by atoms with E-state index in [4.69, 9.17) is 0 Å². The zero-order chi connectivity index (χ0) is 15.4. The molecule has 0 aliphatic rings. The Morgan fingerprint density at radius 2 is 2.19 bits per heavy atom. The molecule has 2 aromatic rings. The Hall–Kier alpha value is -2.02. The molecule has 2 heterocycles. The maximum atomic E-state index is 12.1. The molecule has 2 rings (SSSR count). The number of aromatic amines is 1. The first kappa shape index (κ1) is 15.4. The van der Waals surface area contributed by atoms with Gasteiger partial charge in [0.1, 0.15) is 5.01 Å². The van der Waals surface area contributed by atoms with E-state index in [0.29, 0.717) is 22.3 Å².